The minimum Gasteiger partial charge on any atom is -0.399 e. The highest BCUT2D eigenvalue weighted by Gasteiger charge is 2.07. The average molecular weight is 160 g/mol. The Morgan fingerprint density at radius 3 is 3.08 bits per heavy atom. The molecule has 0 spiro atoms. The first-order valence-electron chi connectivity index (χ1n) is 4.10. The molecule has 1 unspecified atom stereocenters. The van der Waals surface area contributed by atoms with Crippen LogP contribution in [-0.4, -0.2) is 6.04 Å². The molecule has 2 heteroatoms. The first-order chi connectivity index (χ1) is 5.75. The minimum absolute atomic E-state index is 0.418. The standard InChI is InChI=1S/C10H12N2/c1-7-2-3-8-6-9(11)4-5-10(8)12-7/h2-7,12H,11H2,1H3. The van der Waals surface area contributed by atoms with Gasteiger partial charge in [-0.3, -0.25) is 0 Å². The fourth-order valence-corrected chi connectivity index (χ4v) is 1.39. The summed E-state index contributed by atoms with van der Waals surface area (Å²) in [5.41, 5.74) is 8.81. The van der Waals surface area contributed by atoms with Gasteiger partial charge >= 0.3 is 0 Å². The Morgan fingerprint density at radius 2 is 2.25 bits per heavy atom. The Morgan fingerprint density at radius 1 is 1.42 bits per heavy atom. The largest absolute Gasteiger partial charge is 0.399 e. The SMILES string of the molecule is CC1C=Cc2cc(N)ccc2N1. The number of hydrogen-bond donors (Lipinski definition) is 2. The van der Waals surface area contributed by atoms with Crippen molar-refractivity contribution < 1.29 is 0 Å². The molecule has 1 aromatic carbocycles. The molecule has 2 nitrogen and oxygen atoms in total. The molecule has 0 saturated carbocycles. The molecule has 0 aromatic heterocycles. The van der Waals surface area contributed by atoms with Gasteiger partial charge in [0.05, 0.1) is 0 Å². The zero-order chi connectivity index (χ0) is 8.55. The molecule has 1 aliphatic heterocycles. The monoisotopic (exact) mass is 160 g/mol. The first kappa shape index (κ1) is 7.22. The summed E-state index contributed by atoms with van der Waals surface area (Å²) in [6.45, 7) is 2.12. The van der Waals surface area contributed by atoms with E-state index in [-0.39, 0.29) is 0 Å². The summed E-state index contributed by atoms with van der Waals surface area (Å²) in [6.07, 6.45) is 4.23. The number of nitrogens with one attached hydrogen (secondary N) is 1. The number of nitrogen functional groups attached to an aromatic ring is 1. The van der Waals surface area contributed by atoms with E-state index in [2.05, 4.69) is 24.4 Å². The topological polar surface area (TPSA) is 38.0 Å². The van der Waals surface area contributed by atoms with Gasteiger partial charge < -0.3 is 11.1 Å². The van der Waals surface area contributed by atoms with Gasteiger partial charge in [-0.2, -0.15) is 0 Å². The number of benzene rings is 1. The Hall–Kier alpha value is -1.44. The van der Waals surface area contributed by atoms with Crippen molar-refractivity contribution in [1.82, 2.24) is 0 Å². The summed E-state index contributed by atoms with van der Waals surface area (Å²) >= 11 is 0. The molecule has 0 fully saturated rings. The molecular weight excluding hydrogens is 148 g/mol. The van der Waals surface area contributed by atoms with Crippen LogP contribution >= 0.6 is 0 Å². The first-order valence-corrected chi connectivity index (χ1v) is 4.10. The summed E-state index contributed by atoms with van der Waals surface area (Å²) in [6, 6.07) is 6.33. The third-order valence-corrected chi connectivity index (χ3v) is 2.02. The second kappa shape index (κ2) is 2.55. The van der Waals surface area contributed by atoms with Crippen LogP contribution in [0.5, 0.6) is 0 Å². The zero-order valence-corrected chi connectivity index (χ0v) is 7.04. The van der Waals surface area contributed by atoms with Gasteiger partial charge in [-0.05, 0) is 30.7 Å². The molecule has 0 aliphatic carbocycles. The summed E-state index contributed by atoms with van der Waals surface area (Å²) in [5, 5.41) is 3.34. The molecule has 0 radical (unpaired) electrons. The molecule has 62 valence electrons. The molecular formula is C10H12N2. The van der Waals surface area contributed by atoms with E-state index in [1.165, 1.54) is 11.3 Å². The van der Waals surface area contributed by atoms with Gasteiger partial charge in [0.1, 0.15) is 0 Å². The summed E-state index contributed by atoms with van der Waals surface area (Å²) in [5.74, 6) is 0. The van der Waals surface area contributed by atoms with Crippen molar-refractivity contribution in [3.05, 3.63) is 29.8 Å². The van der Waals surface area contributed by atoms with Crippen LogP contribution in [0, 0.1) is 0 Å². The average Bonchev–Trinajstić information content (AvgIpc) is 2.05. The maximum atomic E-state index is 5.65. The van der Waals surface area contributed by atoms with Crippen LogP contribution < -0.4 is 11.1 Å². The molecule has 3 N–H and O–H groups in total. The highest BCUT2D eigenvalue weighted by Crippen LogP contribution is 2.24. The van der Waals surface area contributed by atoms with E-state index in [0.717, 1.165) is 5.69 Å². The van der Waals surface area contributed by atoms with Crippen LogP contribution in [0.1, 0.15) is 12.5 Å². The lowest BCUT2D eigenvalue weighted by molar-refractivity contribution is 0.992. The lowest BCUT2D eigenvalue weighted by Crippen LogP contribution is -2.15. The van der Waals surface area contributed by atoms with E-state index < -0.39 is 0 Å². The van der Waals surface area contributed by atoms with E-state index in [0.29, 0.717) is 6.04 Å². The van der Waals surface area contributed by atoms with Crippen LogP contribution in [-0.2, 0) is 0 Å². The minimum atomic E-state index is 0.418. The van der Waals surface area contributed by atoms with Crippen molar-refractivity contribution in [2.45, 2.75) is 13.0 Å². The Balaban J connectivity index is 2.47. The Labute approximate surface area is 72.1 Å². The maximum absolute atomic E-state index is 5.65. The summed E-state index contributed by atoms with van der Waals surface area (Å²) in [4.78, 5) is 0. The molecule has 0 amide bonds. The lowest BCUT2D eigenvalue weighted by atomic mass is 10.1. The van der Waals surface area contributed by atoms with Crippen molar-refractivity contribution in [3.63, 3.8) is 0 Å². The molecule has 1 atom stereocenters. The van der Waals surface area contributed by atoms with Gasteiger partial charge in [0, 0.05) is 17.4 Å². The third kappa shape index (κ3) is 1.16. The highest BCUT2D eigenvalue weighted by atomic mass is 14.9. The smallest absolute Gasteiger partial charge is 0.0419 e. The number of fused-ring (bicyclic) bond motifs is 1. The third-order valence-electron chi connectivity index (χ3n) is 2.02. The zero-order valence-electron chi connectivity index (χ0n) is 7.04. The van der Waals surface area contributed by atoms with Gasteiger partial charge in [-0.15, -0.1) is 0 Å². The highest BCUT2D eigenvalue weighted by molar-refractivity contribution is 5.73. The quantitative estimate of drug-likeness (QED) is 0.570. The molecule has 1 aromatic rings. The predicted octanol–water partition coefficient (Wildman–Crippen LogP) is 2.10. The van der Waals surface area contributed by atoms with Crippen molar-refractivity contribution >= 4 is 17.5 Å². The van der Waals surface area contributed by atoms with Gasteiger partial charge in [0.2, 0.25) is 0 Å². The lowest BCUT2D eigenvalue weighted by Gasteiger charge is -2.18. The number of hydrogen-bond acceptors (Lipinski definition) is 2. The fourth-order valence-electron chi connectivity index (χ4n) is 1.39. The van der Waals surface area contributed by atoms with E-state index in [4.69, 9.17) is 5.73 Å². The number of nitrogens with two attached hydrogens (primary N) is 1. The van der Waals surface area contributed by atoms with Crippen molar-refractivity contribution in [2.75, 3.05) is 11.1 Å². The summed E-state index contributed by atoms with van der Waals surface area (Å²) < 4.78 is 0. The Bertz CT molecular complexity index is 329. The van der Waals surface area contributed by atoms with Crippen LogP contribution in [0.2, 0.25) is 0 Å². The van der Waals surface area contributed by atoms with Crippen LogP contribution in [0.15, 0.2) is 24.3 Å². The van der Waals surface area contributed by atoms with Crippen molar-refractivity contribution in [3.8, 4) is 0 Å². The molecule has 0 bridgehead atoms. The molecule has 1 heterocycles. The van der Waals surface area contributed by atoms with Crippen LogP contribution in [0.3, 0.4) is 0 Å². The second-order valence-electron chi connectivity index (χ2n) is 3.14. The molecule has 0 saturated heterocycles. The summed E-state index contributed by atoms with van der Waals surface area (Å²) in [7, 11) is 0. The fraction of sp³-hybridized carbons (Fsp3) is 0.200. The number of anilines is 2. The van der Waals surface area contributed by atoms with E-state index in [1.807, 2.05) is 18.2 Å². The maximum Gasteiger partial charge on any atom is 0.0419 e. The molecule has 1 aliphatic rings. The molecule has 2 rings (SSSR count). The van der Waals surface area contributed by atoms with Crippen molar-refractivity contribution in [1.29, 1.82) is 0 Å². The second-order valence-corrected chi connectivity index (χ2v) is 3.14. The van der Waals surface area contributed by atoms with Crippen LogP contribution in [0.25, 0.3) is 6.08 Å². The van der Waals surface area contributed by atoms with E-state index in [1.54, 1.807) is 0 Å². The number of rotatable bonds is 0. The van der Waals surface area contributed by atoms with Gasteiger partial charge in [0.25, 0.3) is 0 Å². The van der Waals surface area contributed by atoms with E-state index in [9.17, 15) is 0 Å². The van der Waals surface area contributed by atoms with Gasteiger partial charge in [-0.1, -0.05) is 12.2 Å². The van der Waals surface area contributed by atoms with Crippen LogP contribution in [0.4, 0.5) is 11.4 Å². The normalized spacial score (nSPS) is 19.9. The Kier molecular flexibility index (Phi) is 1.54. The molecule has 12 heavy (non-hydrogen) atoms. The predicted molar refractivity (Wildman–Crippen MR) is 53.0 cm³/mol. The van der Waals surface area contributed by atoms with Gasteiger partial charge in [0.15, 0.2) is 0 Å². The van der Waals surface area contributed by atoms with E-state index >= 15 is 0 Å². The van der Waals surface area contributed by atoms with Gasteiger partial charge in [-0.25, -0.2) is 0 Å². The van der Waals surface area contributed by atoms with Crippen molar-refractivity contribution in [2.24, 2.45) is 0 Å².